The largest absolute Gasteiger partial charge is 0.478 e. The van der Waals surface area contributed by atoms with Crippen LogP contribution in [0.25, 0.3) is 16.5 Å². The van der Waals surface area contributed by atoms with E-state index in [2.05, 4.69) is 33.5 Å². The molecular weight excluding hydrogens is 502 g/mol. The summed E-state index contributed by atoms with van der Waals surface area (Å²) in [4.78, 5) is 29.4. The van der Waals surface area contributed by atoms with Crippen LogP contribution in [0.2, 0.25) is 0 Å². The van der Waals surface area contributed by atoms with E-state index >= 15 is 0 Å². The van der Waals surface area contributed by atoms with Gasteiger partial charge in [-0.15, -0.1) is 0 Å². The van der Waals surface area contributed by atoms with Gasteiger partial charge in [-0.1, -0.05) is 52.0 Å². The van der Waals surface area contributed by atoms with Gasteiger partial charge in [0.1, 0.15) is 11.3 Å². The smallest absolute Gasteiger partial charge is 0.337 e. The van der Waals surface area contributed by atoms with E-state index in [4.69, 9.17) is 4.42 Å². The van der Waals surface area contributed by atoms with Crippen LogP contribution in [0, 0.1) is 13.8 Å². The number of aryl methyl sites for hydroxylation is 1. The molecule has 2 aromatic carbocycles. The Morgan fingerprint density at radius 3 is 2.40 bits per heavy atom. The molecule has 3 aromatic rings. The van der Waals surface area contributed by atoms with Gasteiger partial charge in [0, 0.05) is 48.4 Å². The molecule has 0 saturated heterocycles. The average Bonchev–Trinajstić information content (AvgIpc) is 2.93. The summed E-state index contributed by atoms with van der Waals surface area (Å²) in [5.74, 6) is -0.403. The number of rotatable bonds is 6. The summed E-state index contributed by atoms with van der Waals surface area (Å²) in [6.45, 7) is 15.2. The molecule has 7 heteroatoms. The lowest BCUT2D eigenvalue weighted by atomic mass is 9.97. The number of hydrogen-bond acceptors (Lipinski definition) is 6. The number of carbonyl (C=O) groups is 1. The standard InChI is InChI=1S/C29H29N3O4.2C2H6/c1-17-12-23(19(3)30-25-10-6-5-9-22(25)29(34)35)28-24(13-17)26(33)18(2)27(36-28)20-14-32(15-20)21-8-7-11-31(4)16-21;2*1-2/h5-10,12-14,16,19,30H,11,15H2,1-4H3,(H,34,35);2*1-2H3. The second-order valence-corrected chi connectivity index (χ2v) is 9.51. The number of benzene rings is 2. The lowest BCUT2D eigenvalue weighted by molar-refractivity contribution is 0.0698. The highest BCUT2D eigenvalue weighted by molar-refractivity contribution is 5.94. The quantitative estimate of drug-likeness (QED) is 0.337. The number of anilines is 1. The highest BCUT2D eigenvalue weighted by atomic mass is 16.4. The summed E-state index contributed by atoms with van der Waals surface area (Å²) in [6, 6.07) is 10.3. The summed E-state index contributed by atoms with van der Waals surface area (Å²) in [5.41, 5.74) is 5.57. The van der Waals surface area contributed by atoms with E-state index in [1.54, 1.807) is 24.3 Å². The molecule has 0 bridgehead atoms. The van der Waals surface area contributed by atoms with Crippen molar-refractivity contribution in [1.82, 2.24) is 9.80 Å². The van der Waals surface area contributed by atoms with Crippen LogP contribution in [-0.4, -0.2) is 41.0 Å². The molecule has 1 atom stereocenters. The molecule has 1 aromatic heterocycles. The monoisotopic (exact) mass is 543 g/mol. The molecule has 0 fully saturated rings. The Labute approximate surface area is 237 Å². The number of allylic oxidation sites excluding steroid dienone is 1. The zero-order valence-corrected chi connectivity index (χ0v) is 24.8. The van der Waals surface area contributed by atoms with E-state index < -0.39 is 5.97 Å². The van der Waals surface area contributed by atoms with Crippen LogP contribution in [-0.2, 0) is 0 Å². The number of para-hydroxylation sites is 1. The normalized spacial score (nSPS) is 14.6. The third-order valence-corrected chi connectivity index (χ3v) is 6.70. The van der Waals surface area contributed by atoms with Gasteiger partial charge >= 0.3 is 5.97 Å². The van der Waals surface area contributed by atoms with Gasteiger partial charge < -0.3 is 24.6 Å². The molecule has 40 heavy (non-hydrogen) atoms. The van der Waals surface area contributed by atoms with Crippen molar-refractivity contribution in [3.05, 3.63) is 105 Å². The minimum absolute atomic E-state index is 0.0507. The second-order valence-electron chi connectivity index (χ2n) is 9.51. The molecule has 0 aliphatic carbocycles. The third kappa shape index (κ3) is 6.14. The van der Waals surface area contributed by atoms with Crippen LogP contribution in [0.4, 0.5) is 5.69 Å². The molecule has 2 aliphatic heterocycles. The molecule has 7 nitrogen and oxygen atoms in total. The fraction of sp³-hybridized carbons (Fsp3) is 0.333. The van der Waals surface area contributed by atoms with Crippen LogP contribution in [0.15, 0.2) is 75.9 Å². The molecule has 0 amide bonds. The average molecular weight is 544 g/mol. The van der Waals surface area contributed by atoms with Crippen molar-refractivity contribution in [2.24, 2.45) is 0 Å². The van der Waals surface area contributed by atoms with Crippen LogP contribution in [0.1, 0.15) is 73.5 Å². The zero-order chi connectivity index (χ0) is 29.6. The zero-order valence-electron chi connectivity index (χ0n) is 24.8. The Morgan fingerprint density at radius 2 is 1.75 bits per heavy atom. The van der Waals surface area contributed by atoms with Crippen molar-refractivity contribution in [2.75, 3.05) is 25.5 Å². The van der Waals surface area contributed by atoms with E-state index in [-0.39, 0.29) is 17.0 Å². The highest BCUT2D eigenvalue weighted by Crippen LogP contribution is 2.35. The van der Waals surface area contributed by atoms with Crippen molar-refractivity contribution >= 4 is 28.2 Å². The Bertz CT molecular complexity index is 1530. The molecule has 3 heterocycles. The van der Waals surface area contributed by atoms with Crippen LogP contribution in [0.3, 0.4) is 0 Å². The summed E-state index contributed by atoms with van der Waals surface area (Å²) in [6.07, 6.45) is 8.33. The Hall–Kier alpha value is -4.26. The van der Waals surface area contributed by atoms with E-state index in [0.29, 0.717) is 34.5 Å². The van der Waals surface area contributed by atoms with Gasteiger partial charge in [-0.25, -0.2) is 4.79 Å². The first-order valence-electron chi connectivity index (χ1n) is 14.0. The Kier molecular flexibility index (Phi) is 9.99. The number of fused-ring (bicyclic) bond motifs is 1. The summed E-state index contributed by atoms with van der Waals surface area (Å²) < 4.78 is 6.46. The van der Waals surface area contributed by atoms with Gasteiger partial charge in [-0.3, -0.25) is 4.79 Å². The Morgan fingerprint density at radius 1 is 1.07 bits per heavy atom. The van der Waals surface area contributed by atoms with Gasteiger partial charge in [-0.05, 0) is 50.6 Å². The van der Waals surface area contributed by atoms with E-state index in [1.807, 2.05) is 73.8 Å². The van der Waals surface area contributed by atoms with Crippen molar-refractivity contribution in [1.29, 1.82) is 0 Å². The molecule has 2 N–H and O–H groups in total. The summed E-state index contributed by atoms with van der Waals surface area (Å²) in [5, 5.41) is 13.4. The minimum atomic E-state index is -1.00. The van der Waals surface area contributed by atoms with E-state index in [1.165, 1.54) is 0 Å². The lowest BCUT2D eigenvalue weighted by Crippen LogP contribution is -2.31. The van der Waals surface area contributed by atoms with Crippen LogP contribution >= 0.6 is 0 Å². The predicted molar refractivity (Wildman–Crippen MR) is 165 cm³/mol. The number of aromatic carboxylic acids is 1. The number of hydrogen-bond donors (Lipinski definition) is 2. The molecule has 0 radical (unpaired) electrons. The molecule has 5 rings (SSSR count). The second kappa shape index (κ2) is 13.2. The summed E-state index contributed by atoms with van der Waals surface area (Å²) >= 11 is 0. The fourth-order valence-corrected chi connectivity index (χ4v) is 4.78. The highest BCUT2D eigenvalue weighted by Gasteiger charge is 2.26. The molecular formula is C33H41N3O4. The van der Waals surface area contributed by atoms with Crippen molar-refractivity contribution in [3.63, 3.8) is 0 Å². The predicted octanol–water partition coefficient (Wildman–Crippen LogP) is 7.33. The number of nitrogens with zero attached hydrogens (tertiary/aromatic N) is 2. The Balaban J connectivity index is 0.00000106. The number of likely N-dealkylation sites (N-methyl/N-ethyl adjacent to an activating group) is 1. The van der Waals surface area contributed by atoms with Gasteiger partial charge in [0.05, 0.1) is 29.2 Å². The molecule has 0 spiro atoms. The van der Waals surface area contributed by atoms with Gasteiger partial charge in [-0.2, -0.15) is 0 Å². The third-order valence-electron chi connectivity index (χ3n) is 6.70. The van der Waals surface area contributed by atoms with E-state index in [0.717, 1.165) is 28.9 Å². The van der Waals surface area contributed by atoms with E-state index in [9.17, 15) is 14.7 Å². The van der Waals surface area contributed by atoms with Crippen LogP contribution in [0.5, 0.6) is 0 Å². The maximum absolute atomic E-state index is 13.4. The molecule has 1 unspecified atom stereocenters. The topological polar surface area (TPSA) is 86.0 Å². The summed E-state index contributed by atoms with van der Waals surface area (Å²) in [7, 11) is 2.04. The number of carboxylic acid groups (broad SMARTS) is 1. The van der Waals surface area contributed by atoms with Crippen molar-refractivity contribution < 1.29 is 14.3 Å². The first kappa shape index (κ1) is 30.3. The van der Waals surface area contributed by atoms with Gasteiger partial charge in [0.2, 0.25) is 0 Å². The minimum Gasteiger partial charge on any atom is -0.478 e. The molecule has 212 valence electrons. The molecule has 2 aliphatic rings. The van der Waals surface area contributed by atoms with Gasteiger partial charge in [0.25, 0.3) is 0 Å². The molecule has 0 saturated carbocycles. The fourth-order valence-electron chi connectivity index (χ4n) is 4.78. The SMILES string of the molecule is CC.CC.Cc1cc(C(C)Nc2ccccc2C(=O)O)c2oc(C3=CN(C4=CN(C)CC=C4)C3)c(C)c(=O)c2c1. The number of nitrogens with one attached hydrogen (secondary N) is 1. The maximum atomic E-state index is 13.4. The number of carboxylic acids is 1. The van der Waals surface area contributed by atoms with Crippen LogP contribution < -0.4 is 10.7 Å². The first-order chi connectivity index (χ1) is 19.2. The lowest BCUT2D eigenvalue weighted by Gasteiger charge is -2.34. The van der Waals surface area contributed by atoms with Crippen molar-refractivity contribution in [2.45, 2.75) is 54.5 Å². The first-order valence-corrected chi connectivity index (χ1v) is 14.0. The van der Waals surface area contributed by atoms with Gasteiger partial charge in [0.15, 0.2) is 5.43 Å². The maximum Gasteiger partial charge on any atom is 0.337 e. The van der Waals surface area contributed by atoms with Crippen molar-refractivity contribution in [3.8, 4) is 0 Å².